The van der Waals surface area contributed by atoms with E-state index >= 15 is 0 Å². The minimum Gasteiger partial charge on any atom is -0.480 e. The quantitative estimate of drug-likeness (QED) is 0.632. The van der Waals surface area contributed by atoms with Crippen LogP contribution in [0.2, 0.25) is 0 Å². The number of amides is 1. The Morgan fingerprint density at radius 3 is 2.60 bits per heavy atom. The molecule has 0 spiro atoms. The number of carboxylic acids is 1. The number of carbonyl (C=O) groups is 2. The van der Waals surface area contributed by atoms with Gasteiger partial charge in [0.1, 0.15) is 13.2 Å². The fourth-order valence-corrected chi connectivity index (χ4v) is 2.06. The van der Waals surface area contributed by atoms with Crippen molar-refractivity contribution < 1.29 is 27.9 Å². The van der Waals surface area contributed by atoms with E-state index < -0.39 is 35.1 Å². The molecule has 9 heteroatoms. The molecule has 0 bridgehead atoms. The van der Waals surface area contributed by atoms with Gasteiger partial charge in [-0.3, -0.25) is 4.79 Å². The molecule has 0 fully saturated rings. The summed E-state index contributed by atoms with van der Waals surface area (Å²) in [5.41, 5.74) is 0.269. The van der Waals surface area contributed by atoms with Crippen molar-refractivity contribution in [3.63, 3.8) is 0 Å². The minimum atomic E-state index is -3.59. The lowest BCUT2D eigenvalue weighted by molar-refractivity contribution is -0.143. The molecule has 0 aliphatic heterocycles. The van der Waals surface area contributed by atoms with Crippen molar-refractivity contribution in [2.24, 2.45) is 0 Å². The van der Waals surface area contributed by atoms with Gasteiger partial charge in [0.05, 0.1) is 4.90 Å². The van der Waals surface area contributed by atoms with E-state index in [1.807, 2.05) is 0 Å². The van der Waals surface area contributed by atoms with Gasteiger partial charge in [0.15, 0.2) is 0 Å². The first kappa shape index (κ1) is 16.1. The second-order valence-electron chi connectivity index (χ2n) is 3.67. The molecule has 1 rings (SSSR count). The van der Waals surface area contributed by atoms with Gasteiger partial charge in [0, 0.05) is 5.69 Å². The van der Waals surface area contributed by atoms with Crippen LogP contribution in [0.5, 0.6) is 0 Å². The molecular weight excluding hydrogens is 288 g/mol. The molecule has 110 valence electrons. The monoisotopic (exact) mass is 302 g/mol. The minimum absolute atomic E-state index is 0.00394. The highest BCUT2D eigenvalue weighted by Gasteiger charge is 2.12. The molecule has 0 unspecified atom stereocenters. The Morgan fingerprint density at radius 2 is 2.00 bits per heavy atom. The third-order valence-electron chi connectivity index (χ3n) is 2.16. The molecule has 1 aromatic carbocycles. The maximum Gasteiger partial charge on any atom is 0.329 e. The molecule has 0 saturated heterocycles. The van der Waals surface area contributed by atoms with E-state index in [-0.39, 0.29) is 10.6 Å². The van der Waals surface area contributed by atoms with Crippen LogP contribution in [0.4, 0.5) is 5.69 Å². The lowest BCUT2D eigenvalue weighted by atomic mass is 10.3. The van der Waals surface area contributed by atoms with Gasteiger partial charge in [0.2, 0.25) is 15.9 Å². The molecule has 0 saturated carbocycles. The molecule has 20 heavy (non-hydrogen) atoms. The number of rotatable bonds is 7. The molecule has 8 nitrogen and oxygen atoms in total. The second kappa shape index (κ2) is 6.98. The predicted octanol–water partition coefficient (Wildman–Crippen LogP) is -0.366. The summed E-state index contributed by atoms with van der Waals surface area (Å²) in [6, 6.07) is 5.63. The number of anilines is 1. The SMILES string of the molecule is CNS(=O)(=O)c1cccc(NC(=O)COCC(=O)O)c1. The average molecular weight is 302 g/mol. The molecule has 0 aliphatic carbocycles. The third kappa shape index (κ3) is 4.96. The van der Waals surface area contributed by atoms with Crippen LogP contribution in [-0.2, 0) is 24.3 Å². The number of ether oxygens (including phenoxy) is 1. The Kier molecular flexibility index (Phi) is 5.62. The van der Waals surface area contributed by atoms with Gasteiger partial charge < -0.3 is 15.2 Å². The summed E-state index contributed by atoms with van der Waals surface area (Å²) in [6.45, 7) is -1.02. The lowest BCUT2D eigenvalue weighted by Gasteiger charge is -2.07. The van der Waals surface area contributed by atoms with E-state index in [2.05, 4.69) is 14.8 Å². The summed E-state index contributed by atoms with van der Waals surface area (Å²) in [5.74, 6) is -1.76. The van der Waals surface area contributed by atoms with Crippen LogP contribution in [0.15, 0.2) is 29.2 Å². The van der Waals surface area contributed by atoms with Crippen LogP contribution in [0.25, 0.3) is 0 Å². The van der Waals surface area contributed by atoms with Crippen LogP contribution in [0.1, 0.15) is 0 Å². The summed E-state index contributed by atoms with van der Waals surface area (Å²) in [4.78, 5) is 21.6. The number of aliphatic carboxylic acids is 1. The molecule has 0 radical (unpaired) electrons. The summed E-state index contributed by atoms with van der Waals surface area (Å²) in [7, 11) is -2.32. The van der Waals surface area contributed by atoms with E-state index in [0.29, 0.717) is 0 Å². The van der Waals surface area contributed by atoms with Crippen molar-refractivity contribution in [2.75, 3.05) is 25.6 Å². The van der Waals surface area contributed by atoms with E-state index in [9.17, 15) is 18.0 Å². The smallest absolute Gasteiger partial charge is 0.329 e. The Hall–Kier alpha value is -1.97. The number of carbonyl (C=O) groups excluding carboxylic acids is 1. The van der Waals surface area contributed by atoms with Gasteiger partial charge in [-0.05, 0) is 25.2 Å². The standard InChI is InChI=1S/C11H14N2O6S/c1-12-20(17,18)9-4-2-3-8(5-9)13-10(14)6-19-7-11(15)16/h2-5,12H,6-7H2,1H3,(H,13,14)(H,15,16). The number of sulfonamides is 1. The van der Waals surface area contributed by atoms with Crippen molar-refractivity contribution in [1.82, 2.24) is 4.72 Å². The highest BCUT2D eigenvalue weighted by Crippen LogP contribution is 2.14. The Bertz CT molecular complexity index is 599. The highest BCUT2D eigenvalue weighted by atomic mass is 32.2. The van der Waals surface area contributed by atoms with Gasteiger partial charge in [-0.2, -0.15) is 0 Å². The molecule has 0 atom stereocenters. The van der Waals surface area contributed by atoms with Gasteiger partial charge in [-0.25, -0.2) is 17.9 Å². The lowest BCUT2D eigenvalue weighted by Crippen LogP contribution is -2.21. The molecule has 0 heterocycles. The van der Waals surface area contributed by atoms with Crippen molar-refractivity contribution >= 4 is 27.6 Å². The van der Waals surface area contributed by atoms with Crippen LogP contribution in [-0.4, -0.2) is 45.7 Å². The summed E-state index contributed by atoms with van der Waals surface area (Å²) in [6.07, 6.45) is 0. The topological polar surface area (TPSA) is 122 Å². The molecule has 0 aromatic heterocycles. The summed E-state index contributed by atoms with van der Waals surface area (Å²) < 4.78 is 29.9. The van der Waals surface area contributed by atoms with Crippen molar-refractivity contribution in [2.45, 2.75) is 4.90 Å². The van der Waals surface area contributed by atoms with Crippen LogP contribution < -0.4 is 10.0 Å². The first-order valence-corrected chi connectivity index (χ1v) is 6.96. The fraction of sp³-hybridized carbons (Fsp3) is 0.273. The van der Waals surface area contributed by atoms with E-state index in [0.717, 1.165) is 0 Å². The Morgan fingerprint density at radius 1 is 1.30 bits per heavy atom. The van der Waals surface area contributed by atoms with Crippen molar-refractivity contribution in [1.29, 1.82) is 0 Å². The molecule has 3 N–H and O–H groups in total. The number of hydrogen-bond acceptors (Lipinski definition) is 5. The first-order valence-electron chi connectivity index (χ1n) is 5.48. The number of hydrogen-bond donors (Lipinski definition) is 3. The van der Waals surface area contributed by atoms with Crippen LogP contribution in [0.3, 0.4) is 0 Å². The Labute approximate surface area is 115 Å². The number of benzene rings is 1. The van der Waals surface area contributed by atoms with Gasteiger partial charge in [-0.1, -0.05) is 6.07 Å². The average Bonchev–Trinajstić information content (AvgIpc) is 2.38. The molecule has 1 amide bonds. The van der Waals surface area contributed by atoms with Crippen LogP contribution >= 0.6 is 0 Å². The van der Waals surface area contributed by atoms with Gasteiger partial charge in [0.25, 0.3) is 0 Å². The van der Waals surface area contributed by atoms with E-state index in [1.165, 1.54) is 31.3 Å². The third-order valence-corrected chi connectivity index (χ3v) is 3.57. The molecular formula is C11H14N2O6S. The first-order chi connectivity index (χ1) is 9.35. The zero-order valence-electron chi connectivity index (χ0n) is 10.6. The summed E-state index contributed by atoms with van der Waals surface area (Å²) >= 11 is 0. The van der Waals surface area contributed by atoms with Crippen LogP contribution in [0, 0.1) is 0 Å². The maximum absolute atomic E-state index is 11.6. The van der Waals surface area contributed by atoms with E-state index in [1.54, 1.807) is 0 Å². The van der Waals surface area contributed by atoms with E-state index in [4.69, 9.17) is 5.11 Å². The van der Waals surface area contributed by atoms with Gasteiger partial charge >= 0.3 is 5.97 Å². The molecule has 0 aliphatic rings. The van der Waals surface area contributed by atoms with Gasteiger partial charge in [-0.15, -0.1) is 0 Å². The predicted molar refractivity (Wildman–Crippen MR) is 69.8 cm³/mol. The second-order valence-corrected chi connectivity index (χ2v) is 5.56. The van der Waals surface area contributed by atoms with Crippen molar-refractivity contribution in [3.8, 4) is 0 Å². The zero-order chi connectivity index (χ0) is 15.2. The molecule has 1 aromatic rings. The summed E-state index contributed by atoms with van der Waals surface area (Å²) in [5, 5.41) is 10.7. The Balaban J connectivity index is 2.67. The number of nitrogens with one attached hydrogen (secondary N) is 2. The maximum atomic E-state index is 11.6. The highest BCUT2D eigenvalue weighted by molar-refractivity contribution is 7.89. The zero-order valence-corrected chi connectivity index (χ0v) is 11.4. The van der Waals surface area contributed by atoms with Crippen molar-refractivity contribution in [3.05, 3.63) is 24.3 Å². The fourth-order valence-electron chi connectivity index (χ4n) is 1.29. The normalized spacial score (nSPS) is 11.1. The largest absolute Gasteiger partial charge is 0.480 e. The number of carboxylic acid groups (broad SMARTS) is 1.